The topological polar surface area (TPSA) is 66.9 Å². The molecule has 1 aliphatic heterocycles. The number of esters is 1. The number of halogens is 1. The second kappa shape index (κ2) is 8.00. The van der Waals surface area contributed by atoms with Crippen molar-refractivity contribution in [2.45, 2.75) is 11.8 Å². The zero-order valence-electron chi connectivity index (χ0n) is 15.2. The number of carbonyl (C=O) groups is 1. The number of ether oxygens (including phenoxy) is 1. The van der Waals surface area contributed by atoms with Crippen LogP contribution in [0.5, 0.6) is 0 Å². The quantitative estimate of drug-likeness (QED) is 0.666. The van der Waals surface area contributed by atoms with Crippen LogP contribution in [-0.4, -0.2) is 52.0 Å². The molecule has 1 saturated heterocycles. The molecule has 0 unspecified atom stereocenters. The van der Waals surface area contributed by atoms with Crippen molar-refractivity contribution in [2.24, 2.45) is 0 Å². The molecule has 3 rings (SSSR count). The molecule has 1 aliphatic rings. The van der Waals surface area contributed by atoms with Crippen LogP contribution in [0, 0.1) is 6.92 Å². The van der Waals surface area contributed by atoms with E-state index in [2.05, 4.69) is 26.9 Å². The highest BCUT2D eigenvalue weighted by Crippen LogP contribution is 2.26. The highest BCUT2D eigenvalue weighted by molar-refractivity contribution is 9.10. The molecule has 0 atom stereocenters. The molecule has 1 fully saturated rings. The fourth-order valence-electron chi connectivity index (χ4n) is 3.09. The Bertz CT molecular complexity index is 954. The molecular weight excluding hydrogens is 432 g/mol. The van der Waals surface area contributed by atoms with E-state index in [0.717, 1.165) is 5.69 Å². The lowest BCUT2D eigenvalue weighted by Gasteiger charge is -2.35. The summed E-state index contributed by atoms with van der Waals surface area (Å²) in [5.74, 6) is -0.580. The van der Waals surface area contributed by atoms with E-state index in [1.165, 1.54) is 29.1 Å². The van der Waals surface area contributed by atoms with Gasteiger partial charge in [0.25, 0.3) is 0 Å². The van der Waals surface area contributed by atoms with Crippen LogP contribution in [0.4, 0.5) is 5.69 Å². The summed E-state index contributed by atoms with van der Waals surface area (Å²) in [5.41, 5.74) is 2.47. The van der Waals surface area contributed by atoms with Gasteiger partial charge in [0.2, 0.25) is 10.0 Å². The lowest BCUT2D eigenvalue weighted by Crippen LogP contribution is -2.48. The Balaban J connectivity index is 1.78. The van der Waals surface area contributed by atoms with E-state index in [9.17, 15) is 13.2 Å². The number of anilines is 1. The van der Waals surface area contributed by atoms with Crippen LogP contribution < -0.4 is 4.90 Å². The third-order valence-electron chi connectivity index (χ3n) is 4.59. The number of benzene rings is 2. The van der Waals surface area contributed by atoms with Crippen LogP contribution in [0.25, 0.3) is 0 Å². The van der Waals surface area contributed by atoms with Gasteiger partial charge >= 0.3 is 5.97 Å². The minimum Gasteiger partial charge on any atom is -0.465 e. The van der Waals surface area contributed by atoms with E-state index < -0.39 is 16.0 Å². The van der Waals surface area contributed by atoms with Crippen molar-refractivity contribution in [3.63, 3.8) is 0 Å². The first-order valence-electron chi connectivity index (χ1n) is 8.52. The van der Waals surface area contributed by atoms with Gasteiger partial charge in [-0.15, -0.1) is 0 Å². The Morgan fingerprint density at radius 3 is 2.41 bits per heavy atom. The highest BCUT2D eigenvalue weighted by Gasteiger charge is 2.29. The molecule has 144 valence electrons. The van der Waals surface area contributed by atoms with Gasteiger partial charge in [-0.2, -0.15) is 4.31 Å². The smallest absolute Gasteiger partial charge is 0.339 e. The van der Waals surface area contributed by atoms with Gasteiger partial charge in [0.05, 0.1) is 17.6 Å². The number of methoxy groups -OCH3 is 1. The largest absolute Gasteiger partial charge is 0.465 e. The maximum Gasteiger partial charge on any atom is 0.339 e. The number of carbonyl (C=O) groups excluding carboxylic acids is 1. The van der Waals surface area contributed by atoms with Crippen molar-refractivity contribution >= 4 is 37.6 Å². The van der Waals surface area contributed by atoms with Gasteiger partial charge in [-0.05, 0) is 58.7 Å². The van der Waals surface area contributed by atoms with Crippen molar-refractivity contribution in [3.05, 3.63) is 58.1 Å². The Labute approximate surface area is 167 Å². The van der Waals surface area contributed by atoms with Crippen LogP contribution in [0.3, 0.4) is 0 Å². The first-order valence-corrected chi connectivity index (χ1v) is 10.8. The molecule has 0 saturated carbocycles. The average molecular weight is 453 g/mol. The predicted octanol–water partition coefficient (Wildman–Crippen LogP) is 3.06. The van der Waals surface area contributed by atoms with Gasteiger partial charge < -0.3 is 9.64 Å². The fourth-order valence-corrected chi connectivity index (χ4v) is 4.95. The summed E-state index contributed by atoms with van der Waals surface area (Å²) >= 11 is 3.26. The molecule has 2 aromatic carbocycles. The van der Waals surface area contributed by atoms with E-state index >= 15 is 0 Å². The molecule has 27 heavy (non-hydrogen) atoms. The maximum absolute atomic E-state index is 13.0. The van der Waals surface area contributed by atoms with E-state index in [1.807, 2.05) is 25.1 Å². The maximum atomic E-state index is 13.0. The SMILES string of the molecule is COC(=O)c1cc(S(=O)(=O)N2CCN(c3cccc(C)c3)CC2)ccc1Br. The van der Waals surface area contributed by atoms with Gasteiger partial charge in [0.1, 0.15) is 0 Å². The van der Waals surface area contributed by atoms with Gasteiger partial charge in [-0.25, -0.2) is 13.2 Å². The Morgan fingerprint density at radius 1 is 1.07 bits per heavy atom. The molecular formula is C19H21BrN2O4S. The van der Waals surface area contributed by atoms with Crippen molar-refractivity contribution in [2.75, 3.05) is 38.2 Å². The standard InChI is InChI=1S/C19H21BrN2O4S/c1-14-4-3-5-15(12-14)21-8-10-22(11-9-21)27(24,25)16-6-7-18(20)17(13-16)19(23)26-2/h3-7,12-13H,8-11H2,1-2H3. The summed E-state index contributed by atoms with van der Waals surface area (Å²) in [7, 11) is -2.41. The summed E-state index contributed by atoms with van der Waals surface area (Å²) in [4.78, 5) is 14.1. The number of rotatable bonds is 4. The number of aryl methyl sites for hydroxylation is 1. The Hall–Kier alpha value is -1.90. The zero-order valence-corrected chi connectivity index (χ0v) is 17.6. The number of piperazine rings is 1. The lowest BCUT2D eigenvalue weighted by molar-refractivity contribution is 0.0599. The Morgan fingerprint density at radius 2 is 1.78 bits per heavy atom. The second-order valence-electron chi connectivity index (χ2n) is 6.36. The number of sulfonamides is 1. The third-order valence-corrected chi connectivity index (χ3v) is 7.17. The number of hydrogen-bond donors (Lipinski definition) is 0. The van der Waals surface area contributed by atoms with Crippen molar-refractivity contribution in [1.82, 2.24) is 4.31 Å². The van der Waals surface area contributed by atoms with Crippen LogP contribution in [0.15, 0.2) is 51.8 Å². The summed E-state index contributed by atoms with van der Waals surface area (Å²) in [6.45, 7) is 4.04. The third kappa shape index (κ3) is 4.17. The molecule has 1 heterocycles. The molecule has 0 bridgehead atoms. The zero-order chi connectivity index (χ0) is 19.6. The normalized spacial score (nSPS) is 15.6. The summed E-state index contributed by atoms with van der Waals surface area (Å²) in [6.07, 6.45) is 0. The van der Waals surface area contributed by atoms with E-state index in [1.54, 1.807) is 6.07 Å². The van der Waals surface area contributed by atoms with E-state index in [4.69, 9.17) is 4.74 Å². The van der Waals surface area contributed by atoms with Gasteiger partial charge in [0.15, 0.2) is 0 Å². The van der Waals surface area contributed by atoms with Gasteiger partial charge in [-0.3, -0.25) is 0 Å². The molecule has 0 N–H and O–H groups in total. The first-order chi connectivity index (χ1) is 12.8. The van der Waals surface area contributed by atoms with E-state index in [-0.39, 0.29) is 10.5 Å². The van der Waals surface area contributed by atoms with Crippen LogP contribution in [0.1, 0.15) is 15.9 Å². The minimum atomic E-state index is -3.68. The average Bonchev–Trinajstić information content (AvgIpc) is 2.67. The molecule has 8 heteroatoms. The molecule has 0 aromatic heterocycles. The predicted molar refractivity (Wildman–Crippen MR) is 108 cm³/mol. The van der Waals surface area contributed by atoms with Gasteiger partial charge in [0, 0.05) is 36.3 Å². The molecule has 2 aromatic rings. The first kappa shape index (κ1) is 19.9. The fraction of sp³-hybridized carbons (Fsp3) is 0.316. The molecule has 0 amide bonds. The van der Waals surface area contributed by atoms with Crippen LogP contribution >= 0.6 is 15.9 Å². The van der Waals surface area contributed by atoms with E-state index in [0.29, 0.717) is 30.7 Å². The monoisotopic (exact) mass is 452 g/mol. The molecule has 0 radical (unpaired) electrons. The Kier molecular flexibility index (Phi) is 5.88. The second-order valence-corrected chi connectivity index (χ2v) is 9.16. The summed E-state index contributed by atoms with van der Waals surface area (Å²) < 4.78 is 32.7. The number of nitrogens with zero attached hydrogens (tertiary/aromatic N) is 2. The van der Waals surface area contributed by atoms with Crippen molar-refractivity contribution in [1.29, 1.82) is 0 Å². The molecule has 0 spiro atoms. The lowest BCUT2D eigenvalue weighted by atomic mass is 10.2. The van der Waals surface area contributed by atoms with Crippen molar-refractivity contribution in [3.8, 4) is 0 Å². The van der Waals surface area contributed by atoms with Crippen LogP contribution in [0.2, 0.25) is 0 Å². The molecule has 6 nitrogen and oxygen atoms in total. The summed E-state index contributed by atoms with van der Waals surface area (Å²) in [6, 6.07) is 12.6. The van der Waals surface area contributed by atoms with Crippen molar-refractivity contribution < 1.29 is 17.9 Å². The molecule has 0 aliphatic carbocycles. The highest BCUT2D eigenvalue weighted by atomic mass is 79.9. The number of hydrogen-bond acceptors (Lipinski definition) is 5. The van der Waals surface area contributed by atoms with Crippen LogP contribution in [-0.2, 0) is 14.8 Å². The van der Waals surface area contributed by atoms with Gasteiger partial charge in [-0.1, -0.05) is 12.1 Å². The minimum absolute atomic E-state index is 0.0927. The summed E-state index contributed by atoms with van der Waals surface area (Å²) in [5, 5.41) is 0.